The second-order valence-electron chi connectivity index (χ2n) is 5.51. The Hall–Kier alpha value is -1.10. The lowest BCUT2D eigenvalue weighted by atomic mass is 10.1. The maximum Gasteiger partial charge on any atom is 0.101 e. The maximum atomic E-state index is 5.14. The summed E-state index contributed by atoms with van der Waals surface area (Å²) in [5.41, 5.74) is 2.33. The Labute approximate surface area is 131 Å². The molecule has 0 saturated heterocycles. The molecule has 0 amide bonds. The topological polar surface area (TPSA) is 34.1 Å². The van der Waals surface area contributed by atoms with Gasteiger partial charge in [-0.1, -0.05) is 32.0 Å². The van der Waals surface area contributed by atoms with Crippen LogP contribution in [0.25, 0.3) is 10.9 Å². The van der Waals surface area contributed by atoms with Crippen LogP contribution in [0.15, 0.2) is 35.4 Å². The van der Waals surface area contributed by atoms with E-state index >= 15 is 0 Å². The van der Waals surface area contributed by atoms with Crippen molar-refractivity contribution in [3.8, 4) is 0 Å². The highest BCUT2D eigenvalue weighted by Crippen LogP contribution is 2.25. The van der Waals surface area contributed by atoms with Crippen molar-refractivity contribution in [3.63, 3.8) is 0 Å². The van der Waals surface area contributed by atoms with Gasteiger partial charge in [-0.05, 0) is 30.2 Å². The van der Waals surface area contributed by atoms with Crippen molar-refractivity contribution in [2.75, 3.05) is 26.0 Å². The molecule has 0 aliphatic carbocycles. The van der Waals surface area contributed by atoms with Gasteiger partial charge in [-0.2, -0.15) is 0 Å². The number of nitrogens with one attached hydrogen (secondary N) is 1. The zero-order valence-corrected chi connectivity index (χ0v) is 13.9. The SMILES string of the molecule is COCCSc1nc2ccccc2cc1CNCC(C)C. The first-order valence-corrected chi connectivity index (χ1v) is 8.40. The molecule has 114 valence electrons. The van der Waals surface area contributed by atoms with Crippen LogP contribution in [0.5, 0.6) is 0 Å². The van der Waals surface area contributed by atoms with E-state index in [1.54, 1.807) is 18.9 Å². The first-order chi connectivity index (χ1) is 10.2. The molecule has 2 aromatic rings. The van der Waals surface area contributed by atoms with E-state index in [-0.39, 0.29) is 0 Å². The van der Waals surface area contributed by atoms with Gasteiger partial charge in [0.25, 0.3) is 0 Å². The number of nitrogens with zero attached hydrogens (tertiary/aromatic N) is 1. The Bertz CT molecular complexity index is 572. The number of methoxy groups -OCH3 is 1. The predicted octanol–water partition coefficient (Wildman–Crippen LogP) is 3.72. The average Bonchev–Trinajstić information content (AvgIpc) is 2.47. The molecule has 21 heavy (non-hydrogen) atoms. The van der Waals surface area contributed by atoms with Crippen molar-refractivity contribution in [3.05, 3.63) is 35.9 Å². The van der Waals surface area contributed by atoms with Gasteiger partial charge >= 0.3 is 0 Å². The summed E-state index contributed by atoms with van der Waals surface area (Å²) in [6.07, 6.45) is 0. The molecule has 0 fully saturated rings. The molecule has 0 aliphatic rings. The number of benzene rings is 1. The molecule has 0 atom stereocenters. The molecule has 1 aromatic heterocycles. The lowest BCUT2D eigenvalue weighted by molar-refractivity contribution is 0.218. The number of pyridine rings is 1. The maximum absolute atomic E-state index is 5.14. The minimum atomic E-state index is 0.656. The number of para-hydroxylation sites is 1. The van der Waals surface area contributed by atoms with E-state index in [0.717, 1.165) is 36.0 Å². The van der Waals surface area contributed by atoms with Crippen molar-refractivity contribution < 1.29 is 4.74 Å². The largest absolute Gasteiger partial charge is 0.384 e. The van der Waals surface area contributed by atoms with Gasteiger partial charge in [-0.3, -0.25) is 0 Å². The summed E-state index contributed by atoms with van der Waals surface area (Å²) in [7, 11) is 1.74. The average molecular weight is 304 g/mol. The molecular weight excluding hydrogens is 280 g/mol. The van der Waals surface area contributed by atoms with Crippen LogP contribution >= 0.6 is 11.8 Å². The number of hydrogen-bond donors (Lipinski definition) is 1. The number of hydrogen-bond acceptors (Lipinski definition) is 4. The lowest BCUT2D eigenvalue weighted by Gasteiger charge is -2.12. The van der Waals surface area contributed by atoms with Crippen molar-refractivity contribution in [2.45, 2.75) is 25.4 Å². The van der Waals surface area contributed by atoms with Crippen LogP contribution in [0.4, 0.5) is 0 Å². The third-order valence-electron chi connectivity index (χ3n) is 3.16. The second kappa shape index (κ2) is 8.37. The summed E-state index contributed by atoms with van der Waals surface area (Å²) in [5, 5.41) is 5.83. The number of fused-ring (bicyclic) bond motifs is 1. The Balaban J connectivity index is 2.18. The van der Waals surface area contributed by atoms with E-state index in [9.17, 15) is 0 Å². The molecule has 0 bridgehead atoms. The van der Waals surface area contributed by atoms with Crippen LogP contribution in [0.3, 0.4) is 0 Å². The van der Waals surface area contributed by atoms with Gasteiger partial charge in [0.15, 0.2) is 0 Å². The van der Waals surface area contributed by atoms with E-state index in [4.69, 9.17) is 9.72 Å². The Morgan fingerprint density at radius 2 is 2.10 bits per heavy atom. The zero-order chi connectivity index (χ0) is 15.1. The molecule has 1 heterocycles. The number of rotatable bonds is 8. The van der Waals surface area contributed by atoms with E-state index in [1.165, 1.54) is 10.9 Å². The molecule has 0 unspecified atom stereocenters. The molecule has 4 heteroatoms. The molecule has 0 radical (unpaired) electrons. The molecule has 2 rings (SSSR count). The Kier molecular flexibility index (Phi) is 6.49. The number of ether oxygens (including phenoxy) is 1. The lowest BCUT2D eigenvalue weighted by Crippen LogP contribution is -2.19. The number of thioether (sulfide) groups is 1. The monoisotopic (exact) mass is 304 g/mol. The van der Waals surface area contributed by atoms with Crippen LogP contribution < -0.4 is 5.32 Å². The highest BCUT2D eigenvalue weighted by molar-refractivity contribution is 7.99. The van der Waals surface area contributed by atoms with E-state index < -0.39 is 0 Å². The minimum Gasteiger partial charge on any atom is -0.384 e. The number of aromatic nitrogens is 1. The Morgan fingerprint density at radius 3 is 2.86 bits per heavy atom. The van der Waals surface area contributed by atoms with Gasteiger partial charge in [0.2, 0.25) is 0 Å². The van der Waals surface area contributed by atoms with Crippen LogP contribution in [0.2, 0.25) is 0 Å². The van der Waals surface area contributed by atoms with E-state index in [2.05, 4.69) is 43.4 Å². The van der Waals surface area contributed by atoms with Gasteiger partial charge in [-0.15, -0.1) is 11.8 Å². The molecule has 1 aromatic carbocycles. The van der Waals surface area contributed by atoms with E-state index in [1.807, 2.05) is 6.07 Å². The fourth-order valence-electron chi connectivity index (χ4n) is 2.11. The summed E-state index contributed by atoms with van der Waals surface area (Å²) in [4.78, 5) is 4.81. The van der Waals surface area contributed by atoms with Crippen LogP contribution in [0.1, 0.15) is 19.4 Å². The summed E-state index contributed by atoms with van der Waals surface area (Å²) in [6.45, 7) is 7.08. The first kappa shape index (κ1) is 16.3. The fraction of sp³-hybridized carbons (Fsp3) is 0.471. The standard InChI is InChI=1S/C17H24N2OS/c1-13(2)11-18-12-15-10-14-6-4-5-7-16(14)19-17(15)21-9-8-20-3/h4-7,10,13,18H,8-9,11-12H2,1-3H3. The second-order valence-corrected chi connectivity index (χ2v) is 6.59. The molecule has 1 N–H and O–H groups in total. The third kappa shape index (κ3) is 4.99. The summed E-state index contributed by atoms with van der Waals surface area (Å²) in [6, 6.07) is 10.5. The summed E-state index contributed by atoms with van der Waals surface area (Å²) < 4.78 is 5.14. The molecular formula is C17H24N2OS. The van der Waals surface area contributed by atoms with Gasteiger partial charge in [-0.25, -0.2) is 4.98 Å². The third-order valence-corrected chi connectivity index (χ3v) is 4.16. The molecule has 3 nitrogen and oxygen atoms in total. The minimum absolute atomic E-state index is 0.656. The predicted molar refractivity (Wildman–Crippen MR) is 90.9 cm³/mol. The molecule has 0 aliphatic heterocycles. The summed E-state index contributed by atoms with van der Waals surface area (Å²) in [5.74, 6) is 1.59. The fourth-order valence-corrected chi connectivity index (χ4v) is 3.03. The smallest absolute Gasteiger partial charge is 0.101 e. The van der Waals surface area contributed by atoms with Gasteiger partial charge in [0.1, 0.15) is 5.03 Å². The Morgan fingerprint density at radius 1 is 1.29 bits per heavy atom. The zero-order valence-electron chi connectivity index (χ0n) is 13.1. The van der Waals surface area contributed by atoms with Gasteiger partial charge in [0, 0.05) is 24.8 Å². The quantitative estimate of drug-likeness (QED) is 0.595. The normalized spacial score (nSPS) is 11.4. The van der Waals surface area contributed by atoms with Crippen molar-refractivity contribution >= 4 is 22.7 Å². The summed E-state index contributed by atoms with van der Waals surface area (Å²) >= 11 is 1.77. The van der Waals surface area contributed by atoms with E-state index in [0.29, 0.717) is 5.92 Å². The molecule has 0 spiro atoms. The molecule has 0 saturated carbocycles. The first-order valence-electron chi connectivity index (χ1n) is 7.42. The van der Waals surface area contributed by atoms with Crippen molar-refractivity contribution in [1.29, 1.82) is 0 Å². The van der Waals surface area contributed by atoms with Crippen LogP contribution in [-0.4, -0.2) is 31.0 Å². The van der Waals surface area contributed by atoms with Crippen LogP contribution in [0, 0.1) is 5.92 Å². The highest BCUT2D eigenvalue weighted by atomic mass is 32.2. The van der Waals surface area contributed by atoms with Crippen molar-refractivity contribution in [2.24, 2.45) is 5.92 Å². The van der Waals surface area contributed by atoms with Gasteiger partial charge in [0.05, 0.1) is 12.1 Å². The van der Waals surface area contributed by atoms with Crippen LogP contribution in [-0.2, 0) is 11.3 Å². The van der Waals surface area contributed by atoms with Gasteiger partial charge < -0.3 is 10.1 Å². The van der Waals surface area contributed by atoms with Crippen molar-refractivity contribution in [1.82, 2.24) is 10.3 Å². The highest BCUT2D eigenvalue weighted by Gasteiger charge is 2.08.